The second-order valence-corrected chi connectivity index (χ2v) is 2.11. The van der Waals surface area contributed by atoms with Crippen LogP contribution in [0.1, 0.15) is 0 Å². The maximum Gasteiger partial charge on any atom is 0.0379 e. The van der Waals surface area contributed by atoms with Gasteiger partial charge in [0.1, 0.15) is 0 Å². The molecule has 1 rings (SSSR count). The van der Waals surface area contributed by atoms with Gasteiger partial charge in [0, 0.05) is 11.9 Å². The third kappa shape index (κ3) is 2.72. The van der Waals surface area contributed by atoms with Gasteiger partial charge in [0.05, 0.1) is 0 Å². The molecule has 1 N–H and O–H groups in total. The third-order valence-corrected chi connectivity index (χ3v) is 1.26. The van der Waals surface area contributed by atoms with Gasteiger partial charge in [0.15, 0.2) is 0 Å². The Balaban J connectivity index is 2.51. The van der Waals surface area contributed by atoms with E-state index in [1.54, 1.807) is 6.08 Å². The Labute approximate surface area is 67.1 Å². The summed E-state index contributed by atoms with van der Waals surface area (Å²) in [4.78, 5) is 0. The molecule has 0 heterocycles. The molecule has 1 aromatic rings. The molecule has 0 spiro atoms. The van der Waals surface area contributed by atoms with Gasteiger partial charge >= 0.3 is 0 Å². The van der Waals surface area contributed by atoms with Crippen molar-refractivity contribution in [2.45, 2.75) is 0 Å². The molecule has 0 aliphatic carbocycles. The molecule has 1 heteroatoms. The van der Waals surface area contributed by atoms with Crippen LogP contribution in [0.25, 0.3) is 0 Å². The van der Waals surface area contributed by atoms with E-state index in [0.717, 1.165) is 5.69 Å². The zero-order valence-electron chi connectivity index (χ0n) is 6.33. The first kappa shape index (κ1) is 7.61. The van der Waals surface area contributed by atoms with Crippen molar-refractivity contribution in [2.24, 2.45) is 0 Å². The van der Waals surface area contributed by atoms with E-state index in [4.69, 9.17) is 0 Å². The fourth-order valence-corrected chi connectivity index (χ4v) is 0.747. The fraction of sp³-hybridized carbons (Fsp3) is 0. The predicted octanol–water partition coefficient (Wildman–Crippen LogP) is 2.80. The Hall–Kier alpha value is -1.50. The summed E-state index contributed by atoms with van der Waals surface area (Å²) in [6, 6.07) is 9.98. The number of anilines is 1. The van der Waals surface area contributed by atoms with Crippen LogP contribution in [-0.4, -0.2) is 0 Å². The molecule has 0 bridgehead atoms. The smallest absolute Gasteiger partial charge is 0.0379 e. The molecular formula is C10H11N. The van der Waals surface area contributed by atoms with Gasteiger partial charge in [0.2, 0.25) is 0 Å². The Morgan fingerprint density at radius 1 is 1.18 bits per heavy atom. The van der Waals surface area contributed by atoms with Crippen LogP contribution >= 0.6 is 0 Å². The Bertz CT molecular complexity index is 236. The van der Waals surface area contributed by atoms with Gasteiger partial charge in [0.25, 0.3) is 0 Å². The second-order valence-electron chi connectivity index (χ2n) is 2.11. The van der Waals surface area contributed by atoms with Crippen LogP contribution in [0.4, 0.5) is 5.69 Å². The minimum atomic E-state index is 1.09. The van der Waals surface area contributed by atoms with Crippen LogP contribution in [0.3, 0.4) is 0 Å². The monoisotopic (exact) mass is 145 g/mol. The number of rotatable bonds is 3. The lowest BCUT2D eigenvalue weighted by atomic mass is 10.3. The van der Waals surface area contributed by atoms with Crippen molar-refractivity contribution < 1.29 is 0 Å². The summed E-state index contributed by atoms with van der Waals surface area (Å²) in [7, 11) is 0. The number of nitrogens with one attached hydrogen (secondary N) is 1. The highest BCUT2D eigenvalue weighted by Crippen LogP contribution is 2.03. The van der Waals surface area contributed by atoms with Crippen molar-refractivity contribution in [1.29, 1.82) is 0 Å². The van der Waals surface area contributed by atoms with Crippen molar-refractivity contribution >= 4 is 5.69 Å². The van der Waals surface area contributed by atoms with Gasteiger partial charge in [-0.3, -0.25) is 0 Å². The summed E-state index contributed by atoms with van der Waals surface area (Å²) < 4.78 is 0. The number of allylic oxidation sites excluding steroid dienone is 2. The lowest BCUT2D eigenvalue weighted by Gasteiger charge is -1.96. The van der Waals surface area contributed by atoms with E-state index in [0.29, 0.717) is 0 Å². The molecule has 0 aliphatic rings. The van der Waals surface area contributed by atoms with Crippen LogP contribution in [0, 0.1) is 0 Å². The first-order chi connectivity index (χ1) is 5.43. The summed E-state index contributed by atoms with van der Waals surface area (Å²) >= 11 is 0. The Morgan fingerprint density at radius 3 is 2.55 bits per heavy atom. The quantitative estimate of drug-likeness (QED) is 0.645. The molecule has 0 saturated carbocycles. The molecule has 0 amide bonds. The van der Waals surface area contributed by atoms with E-state index in [1.807, 2.05) is 42.6 Å². The lowest BCUT2D eigenvalue weighted by Crippen LogP contribution is -1.84. The maximum absolute atomic E-state index is 3.57. The number of hydrogen-bond acceptors (Lipinski definition) is 1. The van der Waals surface area contributed by atoms with Gasteiger partial charge < -0.3 is 5.32 Å². The summed E-state index contributed by atoms with van der Waals surface area (Å²) in [5.41, 5.74) is 1.09. The van der Waals surface area contributed by atoms with Gasteiger partial charge in [-0.15, -0.1) is 0 Å². The first-order valence-electron chi connectivity index (χ1n) is 3.52. The third-order valence-electron chi connectivity index (χ3n) is 1.26. The van der Waals surface area contributed by atoms with E-state index in [1.165, 1.54) is 0 Å². The molecule has 0 radical (unpaired) electrons. The molecule has 1 aromatic carbocycles. The molecule has 0 unspecified atom stereocenters. The van der Waals surface area contributed by atoms with Crippen molar-refractivity contribution in [2.75, 3.05) is 5.32 Å². The molecule has 0 aliphatic heterocycles. The second kappa shape index (κ2) is 4.34. The molecule has 0 fully saturated rings. The lowest BCUT2D eigenvalue weighted by molar-refractivity contribution is 1.58. The van der Waals surface area contributed by atoms with E-state index >= 15 is 0 Å². The van der Waals surface area contributed by atoms with Crippen molar-refractivity contribution in [1.82, 2.24) is 0 Å². The van der Waals surface area contributed by atoms with E-state index in [9.17, 15) is 0 Å². The van der Waals surface area contributed by atoms with Crippen molar-refractivity contribution in [3.8, 4) is 0 Å². The highest BCUT2D eigenvalue weighted by molar-refractivity contribution is 5.45. The van der Waals surface area contributed by atoms with Crippen molar-refractivity contribution in [3.05, 3.63) is 55.3 Å². The van der Waals surface area contributed by atoms with E-state index in [-0.39, 0.29) is 0 Å². The maximum atomic E-state index is 3.57. The molecule has 0 saturated heterocycles. The summed E-state index contributed by atoms with van der Waals surface area (Å²) in [5.74, 6) is 0. The molecule has 1 nitrogen and oxygen atoms in total. The Morgan fingerprint density at radius 2 is 1.91 bits per heavy atom. The van der Waals surface area contributed by atoms with Gasteiger partial charge in [-0.2, -0.15) is 0 Å². The summed E-state index contributed by atoms with van der Waals surface area (Å²) in [5, 5.41) is 3.09. The van der Waals surface area contributed by atoms with Crippen LogP contribution in [-0.2, 0) is 0 Å². The van der Waals surface area contributed by atoms with Gasteiger partial charge in [-0.1, -0.05) is 30.9 Å². The molecule has 0 aromatic heterocycles. The van der Waals surface area contributed by atoms with Crippen molar-refractivity contribution in [3.63, 3.8) is 0 Å². The average molecular weight is 145 g/mol. The standard InChI is InChI=1S/C10H11N/c1-2-3-9-11-10-7-5-4-6-8-10/h2-9,11H,1H2/b9-3-. The molecule has 0 atom stereocenters. The van der Waals surface area contributed by atoms with Crippen LogP contribution in [0.2, 0.25) is 0 Å². The fourth-order valence-electron chi connectivity index (χ4n) is 0.747. The topological polar surface area (TPSA) is 12.0 Å². The van der Waals surface area contributed by atoms with Crippen LogP contribution in [0.15, 0.2) is 55.3 Å². The summed E-state index contributed by atoms with van der Waals surface area (Å²) in [6.07, 6.45) is 5.44. The van der Waals surface area contributed by atoms with E-state index in [2.05, 4.69) is 11.9 Å². The van der Waals surface area contributed by atoms with E-state index < -0.39 is 0 Å². The molecule has 56 valence electrons. The minimum Gasteiger partial charge on any atom is -0.362 e. The highest BCUT2D eigenvalue weighted by Gasteiger charge is 1.80. The Kier molecular flexibility index (Phi) is 3.00. The normalized spacial score (nSPS) is 9.82. The van der Waals surface area contributed by atoms with Crippen LogP contribution in [0.5, 0.6) is 0 Å². The van der Waals surface area contributed by atoms with Gasteiger partial charge in [-0.25, -0.2) is 0 Å². The molecular weight excluding hydrogens is 134 g/mol. The first-order valence-corrected chi connectivity index (χ1v) is 3.52. The SMILES string of the molecule is C=C/C=C\Nc1ccccc1. The van der Waals surface area contributed by atoms with Crippen LogP contribution < -0.4 is 5.32 Å². The average Bonchev–Trinajstić information content (AvgIpc) is 2.07. The summed E-state index contributed by atoms with van der Waals surface area (Å²) in [6.45, 7) is 3.57. The number of hydrogen-bond donors (Lipinski definition) is 1. The zero-order valence-corrected chi connectivity index (χ0v) is 6.33. The largest absolute Gasteiger partial charge is 0.362 e. The molecule has 11 heavy (non-hydrogen) atoms. The zero-order chi connectivity index (χ0) is 7.94. The highest BCUT2D eigenvalue weighted by atomic mass is 14.8. The number of benzene rings is 1. The van der Waals surface area contributed by atoms with Gasteiger partial charge in [-0.05, 0) is 18.2 Å². The predicted molar refractivity (Wildman–Crippen MR) is 49.4 cm³/mol. The number of para-hydroxylation sites is 1. The minimum absolute atomic E-state index is 1.09.